The monoisotopic (exact) mass is 494 g/mol. The van der Waals surface area contributed by atoms with Gasteiger partial charge in [0, 0.05) is 36.1 Å². The van der Waals surface area contributed by atoms with Crippen LogP contribution in [0.15, 0.2) is 57.9 Å². The van der Waals surface area contributed by atoms with Crippen molar-refractivity contribution in [1.82, 2.24) is 4.90 Å². The number of ether oxygens (including phenoxy) is 1. The quantitative estimate of drug-likeness (QED) is 0.620. The Bertz CT molecular complexity index is 1020. The normalized spacial score (nSPS) is 17.7. The van der Waals surface area contributed by atoms with Crippen LogP contribution < -0.4 is 4.90 Å². The van der Waals surface area contributed by atoms with Crippen molar-refractivity contribution in [3.63, 3.8) is 0 Å². The van der Waals surface area contributed by atoms with Gasteiger partial charge in [0.25, 0.3) is 0 Å². The Hall–Kier alpha value is -2.06. The van der Waals surface area contributed by atoms with Gasteiger partial charge in [0.2, 0.25) is 0 Å². The Morgan fingerprint density at radius 2 is 1.77 bits per heavy atom. The van der Waals surface area contributed by atoms with Gasteiger partial charge < -0.3 is 9.64 Å². The van der Waals surface area contributed by atoms with Crippen molar-refractivity contribution in [3.05, 3.63) is 58.6 Å². The Morgan fingerprint density at radius 3 is 2.37 bits per heavy atom. The Kier molecular flexibility index (Phi) is 6.48. The number of nitrogens with zero attached hydrogens (tertiary/aromatic N) is 2. The van der Waals surface area contributed by atoms with Crippen LogP contribution in [0.1, 0.15) is 32.4 Å². The van der Waals surface area contributed by atoms with Crippen LogP contribution in [0.3, 0.4) is 0 Å². The summed E-state index contributed by atoms with van der Waals surface area (Å²) in [5, 5.41) is 0. The van der Waals surface area contributed by atoms with Crippen molar-refractivity contribution < 1.29 is 17.9 Å². The average Bonchev–Trinajstić information content (AvgIpc) is 2.66. The average molecular weight is 495 g/mol. The third kappa shape index (κ3) is 5.55. The van der Waals surface area contributed by atoms with Gasteiger partial charge in [-0.2, -0.15) is 0 Å². The molecule has 1 aliphatic rings. The van der Waals surface area contributed by atoms with Gasteiger partial charge in [-0.1, -0.05) is 34.1 Å². The van der Waals surface area contributed by atoms with E-state index in [2.05, 4.69) is 20.8 Å². The first-order valence-electron chi connectivity index (χ1n) is 9.74. The van der Waals surface area contributed by atoms with Gasteiger partial charge in [-0.3, -0.25) is 4.90 Å². The maximum Gasteiger partial charge on any atom is 0.410 e. The lowest BCUT2D eigenvalue weighted by Gasteiger charge is -2.43. The fraction of sp³-hybridized carbons (Fsp3) is 0.409. The molecule has 1 fully saturated rings. The molecule has 162 valence electrons. The minimum atomic E-state index is -3.30. The zero-order chi connectivity index (χ0) is 22.1. The van der Waals surface area contributed by atoms with Gasteiger partial charge in [-0.25, -0.2) is 13.2 Å². The molecule has 0 N–H and O–H groups in total. The lowest BCUT2D eigenvalue weighted by atomic mass is 10.0. The third-order valence-electron chi connectivity index (χ3n) is 4.87. The fourth-order valence-corrected chi connectivity index (χ4v) is 4.36. The van der Waals surface area contributed by atoms with Crippen molar-refractivity contribution in [3.8, 4) is 0 Å². The summed E-state index contributed by atoms with van der Waals surface area (Å²) >= 11 is 3.46. The first-order chi connectivity index (χ1) is 13.9. The van der Waals surface area contributed by atoms with Crippen LogP contribution in [0.5, 0.6) is 0 Å². The van der Waals surface area contributed by atoms with E-state index in [1.165, 1.54) is 6.26 Å². The molecule has 1 unspecified atom stereocenters. The number of piperazine rings is 1. The van der Waals surface area contributed by atoms with Crippen LogP contribution >= 0.6 is 15.9 Å². The van der Waals surface area contributed by atoms with Crippen molar-refractivity contribution in [2.24, 2.45) is 0 Å². The fourth-order valence-electron chi connectivity index (χ4n) is 3.44. The lowest BCUT2D eigenvalue weighted by Crippen LogP contribution is -2.52. The molecule has 1 atom stereocenters. The summed E-state index contributed by atoms with van der Waals surface area (Å²) in [6, 6.07) is 14.6. The number of carbonyl (C=O) groups excluding carboxylic acids is 1. The number of carbonyl (C=O) groups is 1. The molecule has 0 radical (unpaired) electrons. The lowest BCUT2D eigenvalue weighted by molar-refractivity contribution is 0.0137. The Balaban J connectivity index is 1.92. The minimum absolute atomic E-state index is 0.219. The summed E-state index contributed by atoms with van der Waals surface area (Å²) in [7, 11) is -3.30. The number of anilines is 1. The maximum absolute atomic E-state index is 12.9. The number of amides is 1. The van der Waals surface area contributed by atoms with Crippen LogP contribution in [0.2, 0.25) is 0 Å². The number of hydrogen-bond acceptors (Lipinski definition) is 5. The van der Waals surface area contributed by atoms with Gasteiger partial charge in [0.15, 0.2) is 9.84 Å². The van der Waals surface area contributed by atoms with Crippen LogP contribution in [0, 0.1) is 0 Å². The van der Waals surface area contributed by atoms with Crippen LogP contribution in [-0.4, -0.2) is 50.9 Å². The largest absolute Gasteiger partial charge is 0.444 e. The molecule has 30 heavy (non-hydrogen) atoms. The summed E-state index contributed by atoms with van der Waals surface area (Å²) in [4.78, 5) is 17.0. The van der Waals surface area contributed by atoms with E-state index in [9.17, 15) is 13.2 Å². The summed E-state index contributed by atoms with van der Waals surface area (Å²) in [6.45, 7) is 7.15. The van der Waals surface area contributed by atoms with Crippen molar-refractivity contribution in [1.29, 1.82) is 0 Å². The van der Waals surface area contributed by atoms with E-state index in [4.69, 9.17) is 4.74 Å². The SMILES string of the molecule is CC(C)(C)OC(=O)N1CCN(c2cccc(S(C)(=O)=O)c2)CC1c1ccc(Br)cc1. The zero-order valence-electron chi connectivity index (χ0n) is 17.6. The van der Waals surface area contributed by atoms with E-state index in [1.54, 1.807) is 23.1 Å². The molecule has 0 bridgehead atoms. The number of halogens is 1. The van der Waals surface area contributed by atoms with Crippen LogP contribution in [-0.2, 0) is 14.6 Å². The summed E-state index contributed by atoms with van der Waals surface area (Å²) < 4.78 is 30.5. The van der Waals surface area contributed by atoms with Crippen LogP contribution in [0.25, 0.3) is 0 Å². The smallest absolute Gasteiger partial charge is 0.410 e. The highest BCUT2D eigenvalue weighted by atomic mass is 79.9. The summed E-state index contributed by atoms with van der Waals surface area (Å²) in [5.41, 5.74) is 1.24. The first kappa shape index (κ1) is 22.6. The predicted molar refractivity (Wildman–Crippen MR) is 122 cm³/mol. The van der Waals surface area contributed by atoms with Gasteiger partial charge in [0.1, 0.15) is 5.60 Å². The van der Waals surface area contributed by atoms with Gasteiger partial charge in [0.05, 0.1) is 10.9 Å². The standard InChI is InChI=1S/C22H27BrN2O4S/c1-22(2,3)29-21(26)25-13-12-24(15-20(25)16-8-10-17(23)11-9-16)18-6-5-7-19(14-18)30(4,27)28/h5-11,14,20H,12-13,15H2,1-4H3. The molecule has 2 aromatic rings. The Morgan fingerprint density at radius 1 is 1.10 bits per heavy atom. The second-order valence-corrected chi connectivity index (χ2v) is 11.4. The molecule has 6 nitrogen and oxygen atoms in total. The van der Waals surface area contributed by atoms with Gasteiger partial charge in [-0.15, -0.1) is 0 Å². The maximum atomic E-state index is 12.9. The molecule has 0 aliphatic carbocycles. The summed E-state index contributed by atoms with van der Waals surface area (Å²) in [6.07, 6.45) is 0.858. The minimum Gasteiger partial charge on any atom is -0.444 e. The third-order valence-corrected chi connectivity index (χ3v) is 6.51. The molecule has 1 saturated heterocycles. The molecule has 1 amide bonds. The molecule has 8 heteroatoms. The zero-order valence-corrected chi connectivity index (χ0v) is 20.0. The topological polar surface area (TPSA) is 66.9 Å². The predicted octanol–water partition coefficient (Wildman–Crippen LogP) is 4.65. The Labute approximate surface area is 186 Å². The molecule has 0 aromatic heterocycles. The number of sulfone groups is 1. The highest BCUT2D eigenvalue weighted by molar-refractivity contribution is 9.10. The molecule has 1 aliphatic heterocycles. The summed E-state index contributed by atoms with van der Waals surface area (Å²) in [5.74, 6) is 0. The highest BCUT2D eigenvalue weighted by Crippen LogP contribution is 2.31. The van der Waals surface area contributed by atoms with E-state index < -0.39 is 15.4 Å². The molecular formula is C22H27BrN2O4S. The van der Waals surface area contributed by atoms with E-state index in [-0.39, 0.29) is 17.0 Å². The number of benzene rings is 2. The molecule has 2 aromatic carbocycles. The van der Waals surface area contributed by atoms with E-state index >= 15 is 0 Å². The second-order valence-electron chi connectivity index (χ2n) is 8.46. The van der Waals surface area contributed by atoms with E-state index in [0.717, 1.165) is 15.7 Å². The second kappa shape index (κ2) is 8.59. The van der Waals surface area contributed by atoms with Crippen molar-refractivity contribution >= 4 is 37.5 Å². The van der Waals surface area contributed by atoms with E-state index in [1.807, 2.05) is 51.1 Å². The number of hydrogen-bond donors (Lipinski definition) is 0. The molecule has 0 spiro atoms. The van der Waals surface area contributed by atoms with Crippen LogP contribution in [0.4, 0.5) is 10.5 Å². The first-order valence-corrected chi connectivity index (χ1v) is 12.4. The van der Waals surface area contributed by atoms with Crippen molar-refractivity contribution in [2.45, 2.75) is 37.3 Å². The molecule has 1 heterocycles. The molecular weight excluding hydrogens is 468 g/mol. The van der Waals surface area contributed by atoms with Gasteiger partial charge >= 0.3 is 6.09 Å². The molecule has 0 saturated carbocycles. The highest BCUT2D eigenvalue weighted by Gasteiger charge is 2.34. The molecule has 3 rings (SSSR count). The number of rotatable bonds is 3. The van der Waals surface area contributed by atoms with Crippen molar-refractivity contribution in [2.75, 3.05) is 30.8 Å². The van der Waals surface area contributed by atoms with Gasteiger partial charge in [-0.05, 0) is 56.7 Å². The van der Waals surface area contributed by atoms with E-state index in [0.29, 0.717) is 19.6 Å².